The van der Waals surface area contributed by atoms with Crippen molar-refractivity contribution in [3.05, 3.63) is 83.1 Å². The number of nitrogens with zero attached hydrogens (tertiary/aromatic N) is 2. The van der Waals surface area contributed by atoms with Crippen LogP contribution in [-0.4, -0.2) is 15.5 Å². The van der Waals surface area contributed by atoms with Crippen molar-refractivity contribution >= 4 is 23.2 Å². The summed E-state index contributed by atoms with van der Waals surface area (Å²) in [4.78, 5) is 17.5. The molecular weight excluding hydrogens is 441 g/mol. The summed E-state index contributed by atoms with van der Waals surface area (Å²) in [5.41, 5.74) is 3.83. The molecule has 1 aliphatic rings. The van der Waals surface area contributed by atoms with Gasteiger partial charge in [0, 0.05) is 22.3 Å². The molecular formula is C26H23ClFN3O2. The van der Waals surface area contributed by atoms with Crippen LogP contribution in [0.1, 0.15) is 47.8 Å². The Morgan fingerprint density at radius 2 is 1.88 bits per heavy atom. The van der Waals surface area contributed by atoms with E-state index >= 15 is 0 Å². The lowest BCUT2D eigenvalue weighted by molar-refractivity contribution is 0.0997. The van der Waals surface area contributed by atoms with E-state index < -0.39 is 0 Å². The molecule has 0 atom stereocenters. The fourth-order valence-corrected chi connectivity index (χ4v) is 4.65. The van der Waals surface area contributed by atoms with Gasteiger partial charge in [-0.05, 0) is 79.9 Å². The average molecular weight is 464 g/mol. The molecule has 5 rings (SSSR count). The van der Waals surface area contributed by atoms with Gasteiger partial charge in [0.25, 0.3) is 5.91 Å². The Morgan fingerprint density at radius 1 is 1.12 bits per heavy atom. The van der Waals surface area contributed by atoms with E-state index in [1.165, 1.54) is 25.0 Å². The number of aryl methyl sites for hydroxylation is 1. The van der Waals surface area contributed by atoms with Crippen molar-refractivity contribution in [2.45, 2.75) is 38.6 Å². The van der Waals surface area contributed by atoms with Gasteiger partial charge in [0.15, 0.2) is 11.5 Å². The van der Waals surface area contributed by atoms with E-state index in [0.29, 0.717) is 28.2 Å². The van der Waals surface area contributed by atoms with Crippen molar-refractivity contribution in [2.75, 3.05) is 5.32 Å². The quantitative estimate of drug-likeness (QED) is 0.338. The van der Waals surface area contributed by atoms with Crippen molar-refractivity contribution in [2.24, 2.45) is 0 Å². The van der Waals surface area contributed by atoms with Crippen LogP contribution in [0.4, 0.5) is 10.1 Å². The van der Waals surface area contributed by atoms with E-state index in [1.807, 2.05) is 13.3 Å². The summed E-state index contributed by atoms with van der Waals surface area (Å²) in [5, 5.41) is 3.49. The molecule has 4 aromatic rings. The number of carbonyl (C=O) groups excluding carboxylic acids is 1. The van der Waals surface area contributed by atoms with Crippen LogP contribution < -0.4 is 5.32 Å². The Kier molecular flexibility index (Phi) is 5.77. The van der Waals surface area contributed by atoms with Crippen molar-refractivity contribution in [3.8, 4) is 22.7 Å². The maximum Gasteiger partial charge on any atom is 0.291 e. The SMILES string of the molecule is Cc1cc(Cl)ccc1NC(=O)c1ccc(-c2c(-c3ccc(F)cc3)ncn2C2CCCC2)o1. The minimum Gasteiger partial charge on any atom is -0.449 e. The summed E-state index contributed by atoms with van der Waals surface area (Å²) < 4.78 is 21.7. The number of anilines is 1. The summed E-state index contributed by atoms with van der Waals surface area (Å²) in [6.45, 7) is 1.88. The standard InChI is InChI=1S/C26H23ClFN3O2/c1-16-14-18(27)8-11-21(16)30-26(32)23-13-12-22(33-23)25-24(17-6-9-19(28)10-7-17)29-15-31(25)20-4-2-3-5-20/h6-15,20H,2-5H2,1H3,(H,30,32). The smallest absolute Gasteiger partial charge is 0.291 e. The van der Waals surface area contributed by atoms with Gasteiger partial charge in [-0.2, -0.15) is 0 Å². The number of amides is 1. The first-order valence-electron chi connectivity index (χ1n) is 11.0. The molecule has 0 radical (unpaired) electrons. The van der Waals surface area contributed by atoms with E-state index in [2.05, 4.69) is 14.9 Å². The highest BCUT2D eigenvalue weighted by molar-refractivity contribution is 6.30. The van der Waals surface area contributed by atoms with Crippen LogP contribution >= 0.6 is 11.6 Å². The predicted molar refractivity (Wildman–Crippen MR) is 127 cm³/mol. The van der Waals surface area contributed by atoms with E-state index in [0.717, 1.165) is 29.7 Å². The fourth-order valence-electron chi connectivity index (χ4n) is 4.42. The largest absolute Gasteiger partial charge is 0.449 e. The maximum atomic E-state index is 13.5. The molecule has 1 N–H and O–H groups in total. The minimum absolute atomic E-state index is 0.198. The van der Waals surface area contributed by atoms with E-state index in [-0.39, 0.29) is 17.5 Å². The zero-order valence-electron chi connectivity index (χ0n) is 18.1. The second kappa shape index (κ2) is 8.87. The summed E-state index contributed by atoms with van der Waals surface area (Å²) in [5.74, 6) is 0.104. The maximum absolute atomic E-state index is 13.5. The first-order chi connectivity index (χ1) is 16.0. The summed E-state index contributed by atoms with van der Waals surface area (Å²) in [6.07, 6.45) is 6.29. The normalized spacial score (nSPS) is 14.0. The van der Waals surface area contributed by atoms with Crippen molar-refractivity contribution < 1.29 is 13.6 Å². The molecule has 168 valence electrons. The lowest BCUT2D eigenvalue weighted by Crippen LogP contribution is -2.11. The van der Waals surface area contributed by atoms with Gasteiger partial charge in [-0.1, -0.05) is 24.4 Å². The Hall–Kier alpha value is -3.38. The number of aromatic nitrogens is 2. The molecule has 2 aromatic carbocycles. The lowest BCUT2D eigenvalue weighted by Gasteiger charge is -2.15. The van der Waals surface area contributed by atoms with Gasteiger partial charge in [-0.25, -0.2) is 9.37 Å². The van der Waals surface area contributed by atoms with Crippen molar-refractivity contribution in [1.82, 2.24) is 9.55 Å². The van der Waals surface area contributed by atoms with Gasteiger partial charge < -0.3 is 14.3 Å². The zero-order chi connectivity index (χ0) is 22.9. The predicted octanol–water partition coefficient (Wildman–Crippen LogP) is 7.28. The molecule has 7 heteroatoms. The number of halogens is 2. The number of nitrogens with one attached hydrogen (secondary N) is 1. The van der Waals surface area contributed by atoms with Gasteiger partial charge in [-0.3, -0.25) is 4.79 Å². The van der Waals surface area contributed by atoms with Gasteiger partial charge in [0.1, 0.15) is 11.5 Å². The second-order valence-corrected chi connectivity index (χ2v) is 8.81. The molecule has 0 unspecified atom stereocenters. The number of hydrogen-bond donors (Lipinski definition) is 1. The van der Waals surface area contributed by atoms with E-state index in [1.54, 1.807) is 42.5 Å². The third kappa shape index (κ3) is 4.31. The highest BCUT2D eigenvalue weighted by Gasteiger charge is 2.26. The molecule has 2 aromatic heterocycles. The molecule has 0 spiro atoms. The van der Waals surface area contributed by atoms with E-state index in [4.69, 9.17) is 16.0 Å². The Bertz CT molecular complexity index is 1300. The number of rotatable bonds is 5. The molecule has 1 amide bonds. The number of hydrogen-bond acceptors (Lipinski definition) is 3. The third-order valence-electron chi connectivity index (χ3n) is 6.13. The molecule has 33 heavy (non-hydrogen) atoms. The second-order valence-electron chi connectivity index (χ2n) is 8.37. The monoisotopic (exact) mass is 463 g/mol. The molecule has 1 saturated carbocycles. The van der Waals surface area contributed by atoms with E-state index in [9.17, 15) is 9.18 Å². The first-order valence-corrected chi connectivity index (χ1v) is 11.4. The van der Waals surface area contributed by atoms with Crippen LogP contribution in [0, 0.1) is 12.7 Å². The highest BCUT2D eigenvalue weighted by atomic mass is 35.5. The molecule has 1 fully saturated rings. The Balaban J connectivity index is 1.50. The summed E-state index contributed by atoms with van der Waals surface area (Å²) in [7, 11) is 0. The molecule has 0 bridgehead atoms. The number of benzene rings is 2. The van der Waals surface area contributed by atoms with Crippen LogP contribution in [-0.2, 0) is 0 Å². The number of furan rings is 1. The lowest BCUT2D eigenvalue weighted by atomic mass is 10.1. The molecule has 2 heterocycles. The van der Waals surface area contributed by atoms with Crippen LogP contribution in [0.3, 0.4) is 0 Å². The number of carbonyl (C=O) groups is 1. The van der Waals surface area contributed by atoms with Crippen LogP contribution in [0.2, 0.25) is 5.02 Å². The summed E-state index contributed by atoms with van der Waals surface area (Å²) in [6, 6.07) is 15.3. The number of imidazole rings is 1. The highest BCUT2D eigenvalue weighted by Crippen LogP contribution is 2.39. The van der Waals surface area contributed by atoms with Crippen LogP contribution in [0.25, 0.3) is 22.7 Å². The Morgan fingerprint density at radius 3 is 2.61 bits per heavy atom. The van der Waals surface area contributed by atoms with Gasteiger partial charge in [-0.15, -0.1) is 0 Å². The summed E-state index contributed by atoms with van der Waals surface area (Å²) >= 11 is 6.01. The molecule has 1 aliphatic carbocycles. The van der Waals surface area contributed by atoms with Crippen molar-refractivity contribution in [1.29, 1.82) is 0 Å². The van der Waals surface area contributed by atoms with Crippen LogP contribution in [0.15, 0.2) is 65.3 Å². The topological polar surface area (TPSA) is 60.1 Å². The van der Waals surface area contributed by atoms with Crippen molar-refractivity contribution in [3.63, 3.8) is 0 Å². The van der Waals surface area contributed by atoms with Crippen LogP contribution in [0.5, 0.6) is 0 Å². The first kappa shape index (κ1) is 21.5. The average Bonchev–Trinajstić information content (AvgIpc) is 3.56. The van der Waals surface area contributed by atoms with Gasteiger partial charge in [0.2, 0.25) is 0 Å². The zero-order valence-corrected chi connectivity index (χ0v) is 18.9. The molecule has 0 aliphatic heterocycles. The minimum atomic E-state index is -0.345. The van der Waals surface area contributed by atoms with Gasteiger partial charge in [0.05, 0.1) is 12.0 Å². The molecule has 0 saturated heterocycles. The van der Waals surface area contributed by atoms with Gasteiger partial charge >= 0.3 is 0 Å². The third-order valence-corrected chi connectivity index (χ3v) is 6.36. The fraction of sp³-hybridized carbons (Fsp3) is 0.231. The Labute approximate surface area is 196 Å². The molecule has 5 nitrogen and oxygen atoms in total.